The average Bonchev–Trinajstić information content (AvgIpc) is 2.39. The van der Waals surface area contributed by atoms with Crippen molar-refractivity contribution in [3.8, 4) is 5.75 Å². The monoisotopic (exact) mass is 394 g/mol. The molecule has 0 atom stereocenters. The number of hydrogen-bond acceptors (Lipinski definition) is 3. The zero-order chi connectivity index (χ0) is 15.5. The molecule has 0 radical (unpaired) electrons. The summed E-state index contributed by atoms with van der Waals surface area (Å²) in [5, 5.41) is 0. The van der Waals surface area contributed by atoms with E-state index in [4.69, 9.17) is 15.4 Å². The maximum Gasteiger partial charge on any atom is 0.233 e. The van der Waals surface area contributed by atoms with Crippen LogP contribution in [0.3, 0.4) is 0 Å². The van der Waals surface area contributed by atoms with Crippen LogP contribution in [-0.4, -0.2) is 20.8 Å². The Morgan fingerprint density at radius 2 is 1.95 bits per heavy atom. The fourth-order valence-corrected chi connectivity index (χ4v) is 4.99. The van der Waals surface area contributed by atoms with E-state index in [-0.39, 0.29) is 11.2 Å². The summed E-state index contributed by atoms with van der Waals surface area (Å²) in [7, 11) is 1.98. The Hall–Kier alpha value is -0.260. The molecule has 21 heavy (non-hydrogen) atoms. The molecule has 0 unspecified atom stereocenters. The summed E-state index contributed by atoms with van der Waals surface area (Å²) in [6.45, 7) is 2.40. The summed E-state index contributed by atoms with van der Waals surface area (Å²) in [4.78, 5) is 0. The molecule has 0 heterocycles. The van der Waals surface area contributed by atoms with Gasteiger partial charge in [0.15, 0.2) is 0 Å². The molecule has 1 aromatic rings. The van der Waals surface area contributed by atoms with Crippen LogP contribution in [0.4, 0.5) is 0 Å². The molecule has 0 saturated heterocycles. The van der Waals surface area contributed by atoms with E-state index >= 15 is 0 Å². The predicted molar refractivity (Wildman–Crippen MR) is 89.5 cm³/mol. The Balaban J connectivity index is 2.10. The van der Waals surface area contributed by atoms with Crippen molar-refractivity contribution in [3.63, 3.8) is 0 Å². The van der Waals surface area contributed by atoms with Crippen LogP contribution < -0.4 is 4.74 Å². The van der Waals surface area contributed by atoms with E-state index in [0.717, 1.165) is 47.9 Å². The molecule has 0 aliphatic heterocycles. The molecule has 0 aromatic heterocycles. The first-order chi connectivity index (χ1) is 9.80. The Morgan fingerprint density at radius 1 is 1.29 bits per heavy atom. The van der Waals surface area contributed by atoms with E-state index in [0.29, 0.717) is 6.61 Å². The third-order valence-corrected chi connectivity index (χ3v) is 6.24. The third-order valence-electron chi connectivity index (χ3n) is 4.07. The van der Waals surface area contributed by atoms with E-state index in [1.807, 2.05) is 25.1 Å². The van der Waals surface area contributed by atoms with Crippen molar-refractivity contribution in [1.82, 2.24) is 0 Å². The molecular weight excluding hydrogens is 376 g/mol. The second-order valence-corrected chi connectivity index (χ2v) is 9.57. The van der Waals surface area contributed by atoms with Gasteiger partial charge in [-0.25, -0.2) is 8.42 Å². The van der Waals surface area contributed by atoms with E-state index in [1.165, 1.54) is 0 Å². The Bertz CT molecular complexity index is 595. The summed E-state index contributed by atoms with van der Waals surface area (Å²) < 4.78 is 30.0. The average molecular weight is 396 g/mol. The van der Waals surface area contributed by atoms with Gasteiger partial charge in [-0.2, -0.15) is 0 Å². The minimum Gasteiger partial charge on any atom is -0.493 e. The summed E-state index contributed by atoms with van der Waals surface area (Å²) in [5.74, 6) is 0.768. The predicted octanol–water partition coefficient (Wildman–Crippen LogP) is 4.66. The van der Waals surface area contributed by atoms with Gasteiger partial charge in [0, 0.05) is 20.6 Å². The van der Waals surface area contributed by atoms with Crippen molar-refractivity contribution in [2.45, 2.75) is 39.0 Å². The lowest BCUT2D eigenvalue weighted by Crippen LogP contribution is -2.36. The van der Waals surface area contributed by atoms with Crippen molar-refractivity contribution in [3.05, 3.63) is 28.2 Å². The topological polar surface area (TPSA) is 43.4 Å². The maximum atomic E-state index is 11.5. The molecule has 0 amide bonds. The largest absolute Gasteiger partial charge is 0.493 e. The van der Waals surface area contributed by atoms with Crippen molar-refractivity contribution >= 4 is 35.7 Å². The SMILES string of the molecule is Cc1cc(OCC2(CS(=O)(=O)Cl)CCCCC2)ccc1Br. The Morgan fingerprint density at radius 3 is 2.52 bits per heavy atom. The molecule has 3 nitrogen and oxygen atoms in total. The molecule has 0 N–H and O–H groups in total. The van der Waals surface area contributed by atoms with E-state index in [9.17, 15) is 8.42 Å². The van der Waals surface area contributed by atoms with Crippen molar-refractivity contribution in [2.24, 2.45) is 5.41 Å². The van der Waals surface area contributed by atoms with Gasteiger partial charge in [0.2, 0.25) is 9.05 Å². The van der Waals surface area contributed by atoms with Gasteiger partial charge >= 0.3 is 0 Å². The molecular formula is C15H20BrClO3S. The first-order valence-corrected chi connectivity index (χ1v) is 10.4. The molecule has 6 heteroatoms. The number of rotatable bonds is 5. The van der Waals surface area contributed by atoms with E-state index in [1.54, 1.807) is 0 Å². The quantitative estimate of drug-likeness (QED) is 0.681. The molecule has 1 aromatic carbocycles. The fourth-order valence-electron chi connectivity index (χ4n) is 2.94. The lowest BCUT2D eigenvalue weighted by atomic mass is 9.76. The number of benzene rings is 1. The zero-order valence-electron chi connectivity index (χ0n) is 12.1. The van der Waals surface area contributed by atoms with Gasteiger partial charge in [0.25, 0.3) is 0 Å². The Labute approximate surface area is 139 Å². The van der Waals surface area contributed by atoms with Gasteiger partial charge in [-0.05, 0) is 43.5 Å². The van der Waals surface area contributed by atoms with Crippen LogP contribution in [0.15, 0.2) is 22.7 Å². The standard InChI is InChI=1S/C15H20BrClO3S/c1-12-9-13(5-6-14(12)16)20-10-15(11-21(17,18)19)7-3-2-4-8-15/h5-6,9H,2-4,7-8,10-11H2,1H3. The molecule has 1 aliphatic rings. The molecule has 1 saturated carbocycles. The number of aryl methyl sites for hydroxylation is 1. The summed E-state index contributed by atoms with van der Waals surface area (Å²) in [6.07, 6.45) is 4.94. The highest BCUT2D eigenvalue weighted by Gasteiger charge is 2.37. The summed E-state index contributed by atoms with van der Waals surface area (Å²) >= 11 is 3.46. The van der Waals surface area contributed by atoms with Gasteiger partial charge in [-0.1, -0.05) is 35.2 Å². The summed E-state index contributed by atoms with van der Waals surface area (Å²) in [5.41, 5.74) is 0.745. The lowest BCUT2D eigenvalue weighted by molar-refractivity contribution is 0.119. The van der Waals surface area contributed by atoms with Crippen LogP contribution in [0, 0.1) is 12.3 Å². The highest BCUT2D eigenvalue weighted by molar-refractivity contribution is 9.10. The van der Waals surface area contributed by atoms with Gasteiger partial charge in [-0.3, -0.25) is 0 Å². The van der Waals surface area contributed by atoms with Crippen LogP contribution in [-0.2, 0) is 9.05 Å². The minimum atomic E-state index is -3.52. The van der Waals surface area contributed by atoms with E-state index < -0.39 is 9.05 Å². The normalized spacial score (nSPS) is 18.4. The van der Waals surface area contributed by atoms with Crippen LogP contribution in [0.2, 0.25) is 0 Å². The van der Waals surface area contributed by atoms with Crippen molar-refractivity contribution in [1.29, 1.82) is 0 Å². The maximum absolute atomic E-state index is 11.5. The third kappa shape index (κ3) is 5.15. The smallest absolute Gasteiger partial charge is 0.233 e. The van der Waals surface area contributed by atoms with Gasteiger partial charge in [0.05, 0.1) is 12.4 Å². The van der Waals surface area contributed by atoms with E-state index in [2.05, 4.69) is 15.9 Å². The second-order valence-electron chi connectivity index (χ2n) is 5.94. The van der Waals surface area contributed by atoms with Gasteiger partial charge in [-0.15, -0.1) is 0 Å². The molecule has 0 spiro atoms. The summed E-state index contributed by atoms with van der Waals surface area (Å²) in [6, 6.07) is 5.79. The molecule has 1 fully saturated rings. The second kappa shape index (κ2) is 6.88. The lowest BCUT2D eigenvalue weighted by Gasteiger charge is -2.35. The van der Waals surface area contributed by atoms with Crippen LogP contribution in [0.1, 0.15) is 37.7 Å². The fraction of sp³-hybridized carbons (Fsp3) is 0.600. The highest BCUT2D eigenvalue weighted by Crippen LogP contribution is 2.39. The van der Waals surface area contributed by atoms with Crippen LogP contribution in [0.5, 0.6) is 5.75 Å². The Kier molecular flexibility index (Phi) is 5.60. The van der Waals surface area contributed by atoms with Crippen molar-refractivity contribution in [2.75, 3.05) is 12.4 Å². The first kappa shape index (κ1) is 17.1. The molecule has 2 rings (SSSR count). The molecule has 0 bridgehead atoms. The first-order valence-electron chi connectivity index (χ1n) is 7.11. The number of ether oxygens (including phenoxy) is 1. The van der Waals surface area contributed by atoms with Gasteiger partial charge < -0.3 is 4.74 Å². The van der Waals surface area contributed by atoms with Crippen LogP contribution in [0.25, 0.3) is 0 Å². The van der Waals surface area contributed by atoms with Crippen LogP contribution >= 0.6 is 26.6 Å². The number of halogens is 2. The minimum absolute atomic E-state index is 0.00291. The number of hydrogen-bond donors (Lipinski definition) is 0. The molecule has 1 aliphatic carbocycles. The molecule has 118 valence electrons. The van der Waals surface area contributed by atoms with Gasteiger partial charge in [0.1, 0.15) is 5.75 Å². The highest BCUT2D eigenvalue weighted by atomic mass is 79.9. The zero-order valence-corrected chi connectivity index (χ0v) is 15.2. The van der Waals surface area contributed by atoms with Crippen molar-refractivity contribution < 1.29 is 13.2 Å².